The molecule has 35 heavy (non-hydrogen) atoms. The number of amides is 2. The Kier molecular flexibility index (Phi) is 9.05. The molecule has 0 aliphatic carbocycles. The highest BCUT2D eigenvalue weighted by Crippen LogP contribution is 2.28. The molecule has 0 bridgehead atoms. The zero-order chi connectivity index (χ0) is 25.4. The van der Waals surface area contributed by atoms with E-state index in [0.29, 0.717) is 33.3 Å². The Labute approximate surface area is 208 Å². The third kappa shape index (κ3) is 7.18. The number of methoxy groups -OCH3 is 1. The van der Waals surface area contributed by atoms with Gasteiger partial charge in [0.2, 0.25) is 0 Å². The smallest absolute Gasteiger partial charge is 0.262 e. The molecule has 0 heterocycles. The van der Waals surface area contributed by atoms with Gasteiger partial charge in [0.15, 0.2) is 6.61 Å². The number of nitrogens with zero attached hydrogens (tertiary/aromatic N) is 1. The molecule has 3 aromatic carbocycles. The molecule has 0 saturated carbocycles. The van der Waals surface area contributed by atoms with Crippen LogP contribution in [0.1, 0.15) is 22.0 Å². The van der Waals surface area contributed by atoms with Gasteiger partial charge in [0.05, 0.1) is 13.2 Å². The van der Waals surface area contributed by atoms with Gasteiger partial charge in [-0.3, -0.25) is 9.59 Å². The summed E-state index contributed by atoms with van der Waals surface area (Å²) in [6.45, 7) is -0.0359. The summed E-state index contributed by atoms with van der Waals surface area (Å²) in [5.41, 5.74) is 1.32. The first-order chi connectivity index (χ1) is 16.8. The Morgan fingerprint density at radius 3 is 2.40 bits per heavy atom. The topological polar surface area (TPSA) is 79.9 Å². The molecule has 0 unspecified atom stereocenters. The van der Waals surface area contributed by atoms with Crippen molar-refractivity contribution in [1.82, 2.24) is 10.2 Å². The van der Waals surface area contributed by atoms with E-state index in [4.69, 9.17) is 21.1 Å². The van der Waals surface area contributed by atoms with E-state index in [1.807, 2.05) is 0 Å². The normalized spacial score (nSPS) is 11.6. The van der Waals surface area contributed by atoms with Gasteiger partial charge in [0, 0.05) is 34.4 Å². The maximum Gasteiger partial charge on any atom is 0.262 e. The van der Waals surface area contributed by atoms with E-state index < -0.39 is 11.9 Å². The molecule has 0 fully saturated rings. The molecular weight excluding hydrogens is 473 g/mol. The molecule has 3 aromatic rings. The number of likely N-dealkylation sites (N-methyl/N-ethyl adjacent to an activating group) is 1. The summed E-state index contributed by atoms with van der Waals surface area (Å²) in [5, 5.41) is 5.85. The van der Waals surface area contributed by atoms with Crippen molar-refractivity contribution in [2.45, 2.75) is 6.04 Å². The molecule has 2 N–H and O–H groups in total. The van der Waals surface area contributed by atoms with Crippen LogP contribution in [-0.4, -0.2) is 51.1 Å². The maximum atomic E-state index is 14.4. The van der Waals surface area contributed by atoms with Gasteiger partial charge < -0.3 is 25.0 Å². The van der Waals surface area contributed by atoms with Crippen LogP contribution in [0, 0.1) is 5.82 Å². The molecule has 1 atom stereocenters. The fourth-order valence-electron chi connectivity index (χ4n) is 3.41. The molecule has 7 nitrogen and oxygen atoms in total. The first-order valence-electron chi connectivity index (χ1n) is 10.8. The summed E-state index contributed by atoms with van der Waals surface area (Å²) in [7, 11) is 5.12. The van der Waals surface area contributed by atoms with Gasteiger partial charge in [-0.1, -0.05) is 23.7 Å². The van der Waals surface area contributed by atoms with Crippen molar-refractivity contribution in [3.63, 3.8) is 0 Å². The fourth-order valence-corrected chi connectivity index (χ4v) is 3.70. The van der Waals surface area contributed by atoms with Gasteiger partial charge >= 0.3 is 0 Å². The van der Waals surface area contributed by atoms with Crippen LogP contribution in [0.3, 0.4) is 0 Å². The van der Waals surface area contributed by atoms with Crippen LogP contribution in [0.15, 0.2) is 66.7 Å². The predicted octanol–water partition coefficient (Wildman–Crippen LogP) is 4.54. The molecule has 0 aliphatic rings. The van der Waals surface area contributed by atoms with E-state index in [0.717, 1.165) is 0 Å². The number of benzene rings is 3. The van der Waals surface area contributed by atoms with Crippen LogP contribution in [-0.2, 0) is 4.79 Å². The molecule has 0 aromatic heterocycles. The van der Waals surface area contributed by atoms with Crippen LogP contribution in [0.25, 0.3) is 0 Å². The Morgan fingerprint density at radius 2 is 1.74 bits per heavy atom. The monoisotopic (exact) mass is 499 g/mol. The van der Waals surface area contributed by atoms with Crippen LogP contribution < -0.4 is 20.1 Å². The minimum absolute atomic E-state index is 0.162. The minimum Gasteiger partial charge on any atom is -0.497 e. The second-order valence-corrected chi connectivity index (χ2v) is 8.33. The van der Waals surface area contributed by atoms with Crippen molar-refractivity contribution in [3.05, 3.63) is 88.7 Å². The van der Waals surface area contributed by atoms with Gasteiger partial charge in [-0.05, 0) is 62.6 Å². The Bertz CT molecular complexity index is 1150. The Balaban J connectivity index is 1.54. The van der Waals surface area contributed by atoms with Crippen LogP contribution >= 0.6 is 11.6 Å². The van der Waals surface area contributed by atoms with Crippen molar-refractivity contribution in [2.75, 3.05) is 39.7 Å². The van der Waals surface area contributed by atoms with E-state index in [-0.39, 0.29) is 25.0 Å². The van der Waals surface area contributed by atoms with Crippen molar-refractivity contribution < 1.29 is 23.5 Å². The molecule has 0 spiro atoms. The predicted molar refractivity (Wildman–Crippen MR) is 134 cm³/mol. The third-order valence-electron chi connectivity index (χ3n) is 5.25. The molecule has 184 valence electrons. The molecule has 3 rings (SSSR count). The molecule has 2 amide bonds. The average Bonchev–Trinajstić information content (AvgIpc) is 2.84. The number of hydrogen-bond donors (Lipinski definition) is 2. The van der Waals surface area contributed by atoms with E-state index >= 15 is 0 Å². The Morgan fingerprint density at radius 1 is 1.03 bits per heavy atom. The average molecular weight is 500 g/mol. The number of rotatable bonds is 10. The summed E-state index contributed by atoms with van der Waals surface area (Å²) in [4.78, 5) is 26.6. The number of carbonyl (C=O) groups is 2. The number of halogens is 2. The minimum atomic E-state index is -0.446. The number of hydrogen-bond acceptors (Lipinski definition) is 5. The zero-order valence-electron chi connectivity index (χ0n) is 19.7. The summed E-state index contributed by atoms with van der Waals surface area (Å²) >= 11 is 6.20. The van der Waals surface area contributed by atoms with Crippen LogP contribution in [0.5, 0.6) is 11.5 Å². The SMILES string of the molecule is COc1cccc(NC(=O)COc2ccc(C(=O)NC[C@@H](c3c(F)cccc3Cl)N(C)C)cc2)c1. The van der Waals surface area contributed by atoms with Gasteiger partial charge in [-0.15, -0.1) is 0 Å². The van der Waals surface area contributed by atoms with Gasteiger partial charge in [-0.2, -0.15) is 0 Å². The van der Waals surface area contributed by atoms with E-state index in [1.165, 1.54) is 6.07 Å². The first kappa shape index (κ1) is 26.0. The lowest BCUT2D eigenvalue weighted by Gasteiger charge is -2.26. The van der Waals surface area contributed by atoms with Gasteiger partial charge in [-0.25, -0.2) is 4.39 Å². The molecule has 0 aliphatic heterocycles. The third-order valence-corrected chi connectivity index (χ3v) is 5.58. The zero-order valence-corrected chi connectivity index (χ0v) is 20.4. The molecule has 0 radical (unpaired) electrons. The maximum absolute atomic E-state index is 14.4. The lowest BCUT2D eigenvalue weighted by atomic mass is 10.0. The highest BCUT2D eigenvalue weighted by Gasteiger charge is 2.22. The van der Waals surface area contributed by atoms with Crippen molar-refractivity contribution in [3.8, 4) is 11.5 Å². The molecule has 9 heteroatoms. The number of ether oxygens (including phenoxy) is 2. The molecular formula is C26H27ClFN3O4. The van der Waals surface area contributed by atoms with Crippen molar-refractivity contribution in [1.29, 1.82) is 0 Å². The number of anilines is 1. The summed E-state index contributed by atoms with van der Waals surface area (Å²) in [6, 6.07) is 17.4. The first-order valence-corrected chi connectivity index (χ1v) is 11.2. The quantitative estimate of drug-likeness (QED) is 0.428. The fraction of sp³-hybridized carbons (Fsp3) is 0.231. The van der Waals surface area contributed by atoms with E-state index in [9.17, 15) is 14.0 Å². The highest BCUT2D eigenvalue weighted by molar-refractivity contribution is 6.31. The van der Waals surface area contributed by atoms with Crippen molar-refractivity contribution in [2.24, 2.45) is 0 Å². The lowest BCUT2D eigenvalue weighted by Crippen LogP contribution is -2.35. The largest absolute Gasteiger partial charge is 0.497 e. The van der Waals surface area contributed by atoms with Crippen LogP contribution in [0.4, 0.5) is 10.1 Å². The van der Waals surface area contributed by atoms with Gasteiger partial charge in [0.1, 0.15) is 17.3 Å². The van der Waals surface area contributed by atoms with Gasteiger partial charge in [0.25, 0.3) is 11.8 Å². The highest BCUT2D eigenvalue weighted by atomic mass is 35.5. The second-order valence-electron chi connectivity index (χ2n) is 7.92. The second kappa shape index (κ2) is 12.2. The number of carbonyl (C=O) groups excluding carboxylic acids is 2. The van der Waals surface area contributed by atoms with E-state index in [2.05, 4.69) is 10.6 Å². The standard InChI is InChI=1S/C26H27ClFN3O4/c1-31(2)23(25-21(27)8-5-9-22(25)28)15-29-26(33)17-10-12-19(13-11-17)35-16-24(32)30-18-6-4-7-20(14-18)34-3/h4-14,23H,15-16H2,1-3H3,(H,29,33)(H,30,32)/t23-/m0/s1. The summed E-state index contributed by atoms with van der Waals surface area (Å²) < 4.78 is 25.0. The lowest BCUT2D eigenvalue weighted by molar-refractivity contribution is -0.118. The summed E-state index contributed by atoms with van der Waals surface area (Å²) in [6.07, 6.45) is 0. The van der Waals surface area contributed by atoms with E-state index in [1.54, 1.807) is 86.8 Å². The molecule has 0 saturated heterocycles. The number of nitrogens with one attached hydrogen (secondary N) is 2. The van der Waals surface area contributed by atoms with Crippen molar-refractivity contribution >= 4 is 29.1 Å². The van der Waals surface area contributed by atoms with Crippen LogP contribution in [0.2, 0.25) is 5.02 Å². The summed E-state index contributed by atoms with van der Waals surface area (Å²) in [5.74, 6) is -0.0197. The Hall–Kier alpha value is -3.62.